The van der Waals surface area contributed by atoms with Crippen LogP contribution in [0.1, 0.15) is 13.8 Å². The second kappa shape index (κ2) is 3.95. The minimum absolute atomic E-state index is 0. The summed E-state index contributed by atoms with van der Waals surface area (Å²) in [4.78, 5) is 4.17. The zero-order chi connectivity index (χ0) is 6.85. The first-order valence-corrected chi connectivity index (χ1v) is 3.22. The maximum Gasteiger partial charge on any atom is 1.00 e. The monoisotopic (exact) mass is 133 g/mol. The molecule has 0 fully saturated rings. The van der Waals surface area contributed by atoms with Gasteiger partial charge in [0.2, 0.25) is 0 Å². The largest absolute Gasteiger partial charge is 1.00 e. The van der Waals surface area contributed by atoms with Crippen molar-refractivity contribution in [3.8, 4) is 0 Å². The van der Waals surface area contributed by atoms with E-state index in [4.69, 9.17) is 4.74 Å². The van der Waals surface area contributed by atoms with Crippen LogP contribution in [0.3, 0.4) is 0 Å². The fourth-order valence-electron chi connectivity index (χ4n) is 0.783. The Hall–Kier alpha value is -0.0626. The van der Waals surface area contributed by atoms with Crippen LogP contribution in [-0.4, -0.2) is 18.5 Å². The van der Waals surface area contributed by atoms with Crippen LogP contribution < -0.4 is 18.9 Å². The van der Waals surface area contributed by atoms with Crippen LogP contribution in [0.15, 0.2) is 4.99 Å². The second-order valence-corrected chi connectivity index (χ2v) is 2.65. The summed E-state index contributed by atoms with van der Waals surface area (Å²) in [6, 6.07) is 0.345. The molecular formula is C7H12LiNO. The van der Waals surface area contributed by atoms with E-state index in [0.717, 1.165) is 6.61 Å². The van der Waals surface area contributed by atoms with Gasteiger partial charge in [-0.25, -0.2) is 0 Å². The molecular weight excluding hydrogens is 121 g/mol. The molecule has 0 aromatic rings. The molecule has 2 nitrogen and oxygen atoms in total. The average Bonchev–Trinajstić information content (AvgIpc) is 2.14. The zero-order valence-corrected chi connectivity index (χ0v) is 6.92. The molecule has 0 amide bonds. The fourth-order valence-corrected chi connectivity index (χ4v) is 0.783. The molecule has 0 aromatic heterocycles. The zero-order valence-electron chi connectivity index (χ0n) is 6.92. The van der Waals surface area contributed by atoms with Crippen LogP contribution in [0.4, 0.5) is 0 Å². The van der Waals surface area contributed by atoms with E-state index >= 15 is 0 Å². The summed E-state index contributed by atoms with van der Waals surface area (Å²) in [6.07, 6.45) is 0. The van der Waals surface area contributed by atoms with Crippen molar-refractivity contribution >= 4 is 5.90 Å². The quantitative estimate of drug-likeness (QED) is 0.308. The molecule has 10 heavy (non-hydrogen) atoms. The summed E-state index contributed by atoms with van der Waals surface area (Å²) in [5.41, 5.74) is 0. The summed E-state index contributed by atoms with van der Waals surface area (Å²) >= 11 is 0. The average molecular weight is 133 g/mol. The molecule has 0 saturated carbocycles. The van der Waals surface area contributed by atoms with Gasteiger partial charge in [-0.3, -0.25) is 4.99 Å². The summed E-state index contributed by atoms with van der Waals surface area (Å²) in [6.45, 7) is 8.59. The van der Waals surface area contributed by atoms with Crippen molar-refractivity contribution in [2.75, 3.05) is 6.61 Å². The van der Waals surface area contributed by atoms with E-state index in [-0.39, 0.29) is 18.9 Å². The van der Waals surface area contributed by atoms with Gasteiger partial charge in [0.25, 0.3) is 0 Å². The van der Waals surface area contributed by atoms with Gasteiger partial charge in [0.15, 0.2) is 0 Å². The number of aliphatic imine (C=N–C) groups is 1. The molecule has 0 unspecified atom stereocenters. The molecule has 0 bridgehead atoms. The molecule has 1 aliphatic heterocycles. The number of rotatable bonds is 1. The standard InChI is InChI=1S/C7H12NO.Li/c1-5(2)7-4-9-6(3)8-7;/h5,7H,3-4H2,1-2H3;/q-1;+1/t7-;/m1./s1. The van der Waals surface area contributed by atoms with Crippen LogP contribution in [0.2, 0.25) is 0 Å². The number of hydrogen-bond acceptors (Lipinski definition) is 2. The molecule has 1 rings (SSSR count). The van der Waals surface area contributed by atoms with Gasteiger partial charge >= 0.3 is 18.9 Å². The summed E-state index contributed by atoms with van der Waals surface area (Å²) < 4.78 is 5.07. The molecule has 0 radical (unpaired) electrons. The van der Waals surface area contributed by atoms with Crippen LogP contribution in [0, 0.1) is 12.8 Å². The van der Waals surface area contributed by atoms with Gasteiger partial charge in [-0.15, -0.1) is 0 Å². The smallest absolute Gasteiger partial charge is 0.508 e. The van der Waals surface area contributed by atoms with Gasteiger partial charge in [-0.05, 0) is 5.92 Å². The van der Waals surface area contributed by atoms with E-state index in [1.807, 2.05) is 0 Å². The predicted octanol–water partition coefficient (Wildman–Crippen LogP) is -1.72. The van der Waals surface area contributed by atoms with Crippen LogP contribution in [0.5, 0.6) is 0 Å². The molecule has 0 aromatic carbocycles. The number of ether oxygens (including phenoxy) is 1. The van der Waals surface area contributed by atoms with Crippen molar-refractivity contribution in [2.45, 2.75) is 19.9 Å². The van der Waals surface area contributed by atoms with Crippen molar-refractivity contribution in [1.29, 1.82) is 0 Å². The minimum atomic E-state index is 0. The van der Waals surface area contributed by atoms with Gasteiger partial charge in [0, 0.05) is 5.90 Å². The Morgan fingerprint density at radius 2 is 2.30 bits per heavy atom. The van der Waals surface area contributed by atoms with Crippen molar-refractivity contribution < 1.29 is 23.6 Å². The van der Waals surface area contributed by atoms with Crippen LogP contribution >= 0.6 is 0 Å². The van der Waals surface area contributed by atoms with E-state index < -0.39 is 0 Å². The van der Waals surface area contributed by atoms with Gasteiger partial charge in [-0.1, -0.05) is 13.8 Å². The van der Waals surface area contributed by atoms with Gasteiger partial charge in [-0.2, -0.15) is 0 Å². The normalized spacial score (nSPS) is 23.5. The summed E-state index contributed by atoms with van der Waals surface area (Å²) in [5, 5.41) is 0. The molecule has 0 N–H and O–H groups in total. The van der Waals surface area contributed by atoms with Crippen LogP contribution in [0.25, 0.3) is 0 Å². The molecule has 0 spiro atoms. The van der Waals surface area contributed by atoms with Gasteiger partial charge < -0.3 is 11.7 Å². The molecule has 52 valence electrons. The third-order valence-corrected chi connectivity index (χ3v) is 1.50. The van der Waals surface area contributed by atoms with Crippen LogP contribution in [-0.2, 0) is 4.74 Å². The third kappa shape index (κ3) is 2.28. The van der Waals surface area contributed by atoms with Crippen molar-refractivity contribution in [3.05, 3.63) is 6.92 Å². The van der Waals surface area contributed by atoms with E-state index in [0.29, 0.717) is 17.9 Å². The Bertz CT molecular complexity index is 134. The number of hydrogen-bond donors (Lipinski definition) is 0. The SMILES string of the molecule is [CH2-]C1=N[C@@H](C(C)C)CO1.[Li+]. The molecule has 1 heterocycles. The first kappa shape index (κ1) is 9.94. The molecule has 1 atom stereocenters. The molecule has 0 saturated heterocycles. The minimum Gasteiger partial charge on any atom is -0.508 e. The second-order valence-electron chi connectivity index (χ2n) is 2.65. The topological polar surface area (TPSA) is 21.6 Å². The van der Waals surface area contributed by atoms with E-state index in [1.54, 1.807) is 0 Å². The maximum absolute atomic E-state index is 5.07. The van der Waals surface area contributed by atoms with E-state index in [2.05, 4.69) is 25.8 Å². The van der Waals surface area contributed by atoms with E-state index in [1.165, 1.54) is 0 Å². The van der Waals surface area contributed by atoms with Crippen molar-refractivity contribution in [3.63, 3.8) is 0 Å². The Kier molecular flexibility index (Phi) is 3.93. The third-order valence-electron chi connectivity index (χ3n) is 1.50. The number of nitrogens with zero attached hydrogens (tertiary/aromatic N) is 1. The summed E-state index contributed by atoms with van der Waals surface area (Å²) in [5.74, 6) is 1.16. The Labute approximate surface area is 74.2 Å². The first-order valence-electron chi connectivity index (χ1n) is 3.22. The Balaban J connectivity index is 0.000000810. The van der Waals surface area contributed by atoms with E-state index in [9.17, 15) is 0 Å². The van der Waals surface area contributed by atoms with Crippen molar-refractivity contribution in [1.82, 2.24) is 0 Å². The Morgan fingerprint density at radius 3 is 2.50 bits per heavy atom. The fraction of sp³-hybridized carbons (Fsp3) is 0.714. The molecule has 0 aliphatic carbocycles. The maximum atomic E-state index is 5.07. The molecule has 3 heteroatoms. The molecule has 1 aliphatic rings. The first-order chi connectivity index (χ1) is 4.20. The summed E-state index contributed by atoms with van der Waals surface area (Å²) in [7, 11) is 0. The Morgan fingerprint density at radius 1 is 1.70 bits per heavy atom. The van der Waals surface area contributed by atoms with Crippen molar-refractivity contribution in [2.24, 2.45) is 10.9 Å². The van der Waals surface area contributed by atoms with Gasteiger partial charge in [0.05, 0.1) is 6.04 Å². The predicted molar refractivity (Wildman–Crippen MR) is 37.4 cm³/mol. The van der Waals surface area contributed by atoms with Gasteiger partial charge in [0.1, 0.15) is 6.61 Å².